The van der Waals surface area contributed by atoms with Crippen molar-refractivity contribution >= 4 is 10.0 Å². The molecule has 1 aliphatic rings. The van der Waals surface area contributed by atoms with Gasteiger partial charge in [-0.1, -0.05) is 0 Å². The number of hydrogen-bond acceptors (Lipinski definition) is 3. The maximum Gasteiger partial charge on any atom is 0.211 e. The quantitative estimate of drug-likeness (QED) is 0.924. The predicted octanol–water partition coefficient (Wildman–Crippen LogP) is 2.03. The van der Waals surface area contributed by atoms with E-state index in [4.69, 9.17) is 5.73 Å². The second kappa shape index (κ2) is 6.37. The highest BCUT2D eigenvalue weighted by Crippen LogP contribution is 2.28. The number of halogens is 2. The number of nitrogens with two attached hydrogens (primary N) is 1. The summed E-state index contributed by atoms with van der Waals surface area (Å²) in [5.74, 6) is -0.992. The Morgan fingerprint density at radius 3 is 2.81 bits per heavy atom. The van der Waals surface area contributed by atoms with Crippen LogP contribution in [-0.2, 0) is 10.0 Å². The summed E-state index contributed by atoms with van der Waals surface area (Å²) in [5.41, 5.74) is 6.12. The average Bonchev–Trinajstić information content (AvgIpc) is 2.41. The summed E-state index contributed by atoms with van der Waals surface area (Å²) < 4.78 is 51.5. The first-order chi connectivity index (χ1) is 9.77. The molecule has 2 atom stereocenters. The zero-order valence-corrected chi connectivity index (χ0v) is 12.7. The predicted molar refractivity (Wildman–Crippen MR) is 77.0 cm³/mol. The van der Waals surface area contributed by atoms with Gasteiger partial charge in [0.25, 0.3) is 0 Å². The zero-order chi connectivity index (χ0) is 15.6. The fourth-order valence-corrected chi connectivity index (χ4v) is 3.75. The molecule has 2 N–H and O–H groups in total. The maximum absolute atomic E-state index is 13.7. The third-order valence-electron chi connectivity index (χ3n) is 3.90. The molecule has 1 heterocycles. The van der Waals surface area contributed by atoms with Crippen LogP contribution >= 0.6 is 0 Å². The Labute approximate surface area is 124 Å². The molecule has 2 unspecified atom stereocenters. The number of sulfonamides is 1. The summed E-state index contributed by atoms with van der Waals surface area (Å²) >= 11 is 0. The van der Waals surface area contributed by atoms with Crippen LogP contribution in [0.5, 0.6) is 0 Å². The van der Waals surface area contributed by atoms with Crippen molar-refractivity contribution in [2.75, 3.05) is 19.3 Å². The molecule has 4 nitrogen and oxygen atoms in total. The smallest absolute Gasteiger partial charge is 0.211 e. The summed E-state index contributed by atoms with van der Waals surface area (Å²) in [5, 5.41) is 0. The van der Waals surface area contributed by atoms with Crippen LogP contribution in [0.15, 0.2) is 18.2 Å². The highest BCUT2D eigenvalue weighted by Gasteiger charge is 2.27. The molecule has 0 aromatic heterocycles. The zero-order valence-electron chi connectivity index (χ0n) is 11.9. The molecule has 7 heteroatoms. The summed E-state index contributed by atoms with van der Waals surface area (Å²) in [6, 6.07) is 2.59. The molecule has 0 amide bonds. The van der Waals surface area contributed by atoms with E-state index < -0.39 is 27.7 Å². The molecule has 0 bridgehead atoms. The molecule has 1 saturated heterocycles. The van der Waals surface area contributed by atoms with E-state index >= 15 is 0 Å². The largest absolute Gasteiger partial charge is 0.324 e. The van der Waals surface area contributed by atoms with Gasteiger partial charge in [-0.2, -0.15) is 0 Å². The molecule has 0 radical (unpaired) electrons. The lowest BCUT2D eigenvalue weighted by Gasteiger charge is -2.32. The van der Waals surface area contributed by atoms with Gasteiger partial charge < -0.3 is 5.73 Å². The van der Waals surface area contributed by atoms with Crippen LogP contribution < -0.4 is 5.73 Å². The highest BCUT2D eigenvalue weighted by molar-refractivity contribution is 7.88. The van der Waals surface area contributed by atoms with Gasteiger partial charge in [0.15, 0.2) is 0 Å². The molecule has 2 rings (SSSR count). The molecule has 118 valence electrons. The molecule has 21 heavy (non-hydrogen) atoms. The van der Waals surface area contributed by atoms with Crippen LogP contribution in [0, 0.1) is 17.6 Å². The molecule has 1 aromatic rings. The van der Waals surface area contributed by atoms with Gasteiger partial charge in [0, 0.05) is 24.7 Å². The monoisotopic (exact) mass is 318 g/mol. The van der Waals surface area contributed by atoms with Crippen LogP contribution in [0.4, 0.5) is 8.78 Å². The Balaban J connectivity index is 2.05. The lowest BCUT2D eigenvalue weighted by atomic mass is 9.90. The average molecular weight is 318 g/mol. The van der Waals surface area contributed by atoms with Crippen molar-refractivity contribution < 1.29 is 17.2 Å². The van der Waals surface area contributed by atoms with E-state index in [0.29, 0.717) is 19.5 Å². The van der Waals surface area contributed by atoms with Crippen LogP contribution in [0.25, 0.3) is 0 Å². The molecule has 1 aliphatic heterocycles. The van der Waals surface area contributed by atoms with Crippen LogP contribution in [0.1, 0.15) is 30.9 Å². The van der Waals surface area contributed by atoms with Gasteiger partial charge in [-0.25, -0.2) is 21.5 Å². The van der Waals surface area contributed by atoms with E-state index in [2.05, 4.69) is 0 Å². The number of benzene rings is 1. The van der Waals surface area contributed by atoms with Crippen molar-refractivity contribution in [1.82, 2.24) is 4.31 Å². The van der Waals surface area contributed by atoms with E-state index in [-0.39, 0.29) is 11.5 Å². The number of hydrogen-bond donors (Lipinski definition) is 1. The minimum absolute atomic E-state index is 0.0612. The first-order valence-electron chi connectivity index (χ1n) is 6.93. The van der Waals surface area contributed by atoms with Gasteiger partial charge in [0.2, 0.25) is 10.0 Å². The third kappa shape index (κ3) is 4.21. The fraction of sp³-hybridized carbons (Fsp3) is 0.571. The molecule has 1 aromatic carbocycles. The summed E-state index contributed by atoms with van der Waals surface area (Å²) in [4.78, 5) is 0. The van der Waals surface area contributed by atoms with Crippen molar-refractivity contribution in [1.29, 1.82) is 0 Å². The van der Waals surface area contributed by atoms with E-state index in [1.165, 1.54) is 10.6 Å². The molecule has 1 fully saturated rings. The Kier molecular flexibility index (Phi) is 4.95. The first kappa shape index (κ1) is 16.3. The first-order valence-corrected chi connectivity index (χ1v) is 8.78. The topological polar surface area (TPSA) is 63.4 Å². The van der Waals surface area contributed by atoms with Crippen molar-refractivity contribution in [3.05, 3.63) is 35.4 Å². The SMILES string of the molecule is CS(=O)(=O)N1CCCC(CC(N)c2cc(F)ccc2F)C1. The van der Waals surface area contributed by atoms with E-state index in [1.54, 1.807) is 0 Å². The highest BCUT2D eigenvalue weighted by atomic mass is 32.2. The van der Waals surface area contributed by atoms with Gasteiger partial charge in [-0.15, -0.1) is 0 Å². The van der Waals surface area contributed by atoms with Gasteiger partial charge in [0.1, 0.15) is 11.6 Å². The Hall–Kier alpha value is -1.05. The molecule has 0 aliphatic carbocycles. The molecular formula is C14H20F2N2O2S. The normalized spacial score (nSPS) is 22.2. The van der Waals surface area contributed by atoms with Gasteiger partial charge >= 0.3 is 0 Å². The Morgan fingerprint density at radius 1 is 1.43 bits per heavy atom. The number of nitrogens with zero attached hydrogens (tertiary/aromatic N) is 1. The van der Waals surface area contributed by atoms with Gasteiger partial charge in [0.05, 0.1) is 6.26 Å². The standard InChI is InChI=1S/C14H20F2N2O2S/c1-21(19,20)18-6-2-3-10(9-18)7-14(17)12-8-11(15)4-5-13(12)16/h4-5,8,10,14H,2-3,6-7,9,17H2,1H3. The van der Waals surface area contributed by atoms with Crippen LogP contribution in [0.2, 0.25) is 0 Å². The number of rotatable bonds is 4. The van der Waals surface area contributed by atoms with Crippen molar-refractivity contribution in [3.63, 3.8) is 0 Å². The number of piperidine rings is 1. The van der Waals surface area contributed by atoms with E-state index in [9.17, 15) is 17.2 Å². The van der Waals surface area contributed by atoms with Gasteiger partial charge in [-0.3, -0.25) is 0 Å². The summed E-state index contributed by atoms with van der Waals surface area (Å²) in [6.45, 7) is 0.905. The maximum atomic E-state index is 13.7. The lowest BCUT2D eigenvalue weighted by molar-refractivity contribution is 0.246. The molecule has 0 saturated carbocycles. The fourth-order valence-electron chi connectivity index (χ4n) is 2.81. The van der Waals surface area contributed by atoms with Crippen LogP contribution in [-0.4, -0.2) is 32.1 Å². The minimum atomic E-state index is -3.22. The van der Waals surface area contributed by atoms with Crippen molar-refractivity contribution in [2.45, 2.75) is 25.3 Å². The Bertz CT molecular complexity index is 607. The Morgan fingerprint density at radius 2 is 2.14 bits per heavy atom. The summed E-state index contributed by atoms with van der Waals surface area (Å²) in [6.07, 6.45) is 3.22. The molecular weight excluding hydrogens is 298 g/mol. The van der Waals surface area contributed by atoms with Crippen LogP contribution in [0.3, 0.4) is 0 Å². The summed E-state index contributed by atoms with van der Waals surface area (Å²) in [7, 11) is -3.22. The van der Waals surface area contributed by atoms with E-state index in [1.807, 2.05) is 0 Å². The third-order valence-corrected chi connectivity index (χ3v) is 5.17. The van der Waals surface area contributed by atoms with Crippen molar-refractivity contribution in [2.24, 2.45) is 11.7 Å². The molecule has 0 spiro atoms. The van der Waals surface area contributed by atoms with Gasteiger partial charge in [-0.05, 0) is 43.4 Å². The lowest BCUT2D eigenvalue weighted by Crippen LogP contribution is -2.40. The van der Waals surface area contributed by atoms with E-state index in [0.717, 1.165) is 31.0 Å². The minimum Gasteiger partial charge on any atom is -0.324 e. The second-order valence-electron chi connectivity index (χ2n) is 5.64. The van der Waals surface area contributed by atoms with Crippen molar-refractivity contribution in [3.8, 4) is 0 Å². The second-order valence-corrected chi connectivity index (χ2v) is 7.62.